The molecule has 82 valence electrons. The Labute approximate surface area is 96.1 Å². The minimum atomic E-state index is -0.903. The number of carbonyl (C=O) groups excluding carboxylic acids is 2. The highest BCUT2D eigenvalue weighted by Crippen LogP contribution is 2.31. The Bertz CT molecular complexity index is 531. The second-order valence-electron chi connectivity index (χ2n) is 3.23. The van der Waals surface area contributed by atoms with Gasteiger partial charge in [-0.2, -0.15) is 0 Å². The Morgan fingerprint density at radius 2 is 1.88 bits per heavy atom. The number of carbonyl (C=O) groups is 2. The highest BCUT2D eigenvalue weighted by molar-refractivity contribution is 6.64. The molecule has 16 heavy (non-hydrogen) atoms. The molecule has 1 aliphatic rings. The van der Waals surface area contributed by atoms with Gasteiger partial charge in [0.15, 0.2) is 0 Å². The number of halogens is 1. The molecule has 0 aromatic heterocycles. The van der Waals surface area contributed by atoms with E-state index >= 15 is 0 Å². The summed E-state index contributed by atoms with van der Waals surface area (Å²) < 4.78 is 4.93. The van der Waals surface area contributed by atoms with Gasteiger partial charge >= 0.3 is 0 Å². The molecule has 0 atom stereocenters. The van der Waals surface area contributed by atoms with Gasteiger partial charge in [0.1, 0.15) is 16.5 Å². The Balaban J connectivity index is 2.71. The first kappa shape index (κ1) is 10.7. The lowest BCUT2D eigenvalue weighted by atomic mass is 9.93. The van der Waals surface area contributed by atoms with Crippen molar-refractivity contribution in [3.05, 3.63) is 34.4 Å². The lowest BCUT2D eigenvalue weighted by Crippen LogP contribution is -2.21. The zero-order valence-electron chi connectivity index (χ0n) is 8.28. The number of allylic oxidation sites excluding steroid dienone is 1. The van der Waals surface area contributed by atoms with Gasteiger partial charge in [0.05, 0.1) is 7.11 Å². The Morgan fingerprint density at radius 1 is 1.19 bits per heavy atom. The predicted octanol–water partition coefficient (Wildman–Crippen LogP) is 1.93. The van der Waals surface area contributed by atoms with Gasteiger partial charge in [0.2, 0.25) is 11.6 Å². The summed E-state index contributed by atoms with van der Waals surface area (Å²) in [6.07, 6.45) is 0. The Morgan fingerprint density at radius 3 is 2.50 bits per heavy atom. The number of aliphatic hydroxyl groups is 1. The van der Waals surface area contributed by atoms with Crippen LogP contribution in [0, 0.1) is 0 Å². The van der Waals surface area contributed by atoms with E-state index in [2.05, 4.69) is 0 Å². The number of hydrogen-bond donors (Lipinski definition) is 1. The van der Waals surface area contributed by atoms with E-state index in [0.717, 1.165) is 0 Å². The van der Waals surface area contributed by atoms with Crippen LogP contribution in [-0.2, 0) is 4.79 Å². The molecule has 5 heteroatoms. The van der Waals surface area contributed by atoms with Crippen molar-refractivity contribution in [2.24, 2.45) is 0 Å². The van der Waals surface area contributed by atoms with Crippen molar-refractivity contribution in [1.29, 1.82) is 0 Å². The lowest BCUT2D eigenvalue weighted by Gasteiger charge is -2.14. The number of Topliss-reactive ketones (excluding diaryl/α,β-unsaturated/α-hetero) is 2. The van der Waals surface area contributed by atoms with E-state index < -0.39 is 16.6 Å². The van der Waals surface area contributed by atoms with E-state index in [9.17, 15) is 14.7 Å². The third-order valence-corrected chi connectivity index (χ3v) is 2.69. The Hall–Kier alpha value is -1.81. The van der Waals surface area contributed by atoms with Gasteiger partial charge in [0.25, 0.3) is 0 Å². The lowest BCUT2D eigenvalue weighted by molar-refractivity contribution is -0.111. The molecule has 0 bridgehead atoms. The molecular formula is C11H7ClO4. The summed E-state index contributed by atoms with van der Waals surface area (Å²) in [4.78, 5) is 23.0. The predicted molar refractivity (Wildman–Crippen MR) is 57.7 cm³/mol. The summed E-state index contributed by atoms with van der Waals surface area (Å²) in [5.41, 5.74) is 0.349. The van der Waals surface area contributed by atoms with Gasteiger partial charge in [0, 0.05) is 11.1 Å². The molecule has 2 rings (SSSR count). The van der Waals surface area contributed by atoms with Crippen LogP contribution in [0.4, 0.5) is 0 Å². The molecule has 0 unspecified atom stereocenters. The third-order valence-electron chi connectivity index (χ3n) is 2.34. The van der Waals surface area contributed by atoms with Crippen LogP contribution in [0.25, 0.3) is 5.76 Å². The summed E-state index contributed by atoms with van der Waals surface area (Å²) in [6, 6.07) is 4.45. The Kier molecular flexibility index (Phi) is 2.44. The average molecular weight is 239 g/mol. The first-order valence-electron chi connectivity index (χ1n) is 4.42. The summed E-state index contributed by atoms with van der Waals surface area (Å²) in [6.45, 7) is 0. The van der Waals surface area contributed by atoms with Crippen LogP contribution in [0.1, 0.15) is 15.9 Å². The fraction of sp³-hybridized carbons (Fsp3) is 0.0909. The van der Waals surface area contributed by atoms with Crippen LogP contribution in [0.5, 0.6) is 5.75 Å². The SMILES string of the molecule is COc1ccc2c(c1)C(=O)C(=O)C(Cl)=C2O. The minimum Gasteiger partial charge on any atom is -0.506 e. The van der Waals surface area contributed by atoms with Crippen LogP contribution in [0.2, 0.25) is 0 Å². The van der Waals surface area contributed by atoms with Crippen LogP contribution in [0.15, 0.2) is 23.2 Å². The van der Waals surface area contributed by atoms with E-state index in [1.54, 1.807) is 6.07 Å². The van der Waals surface area contributed by atoms with Crippen LogP contribution < -0.4 is 4.74 Å². The highest BCUT2D eigenvalue weighted by atomic mass is 35.5. The van der Waals surface area contributed by atoms with Gasteiger partial charge < -0.3 is 9.84 Å². The number of fused-ring (bicyclic) bond motifs is 1. The van der Waals surface area contributed by atoms with Gasteiger partial charge in [-0.15, -0.1) is 0 Å². The third kappa shape index (κ3) is 1.39. The molecule has 0 heterocycles. The summed E-state index contributed by atoms with van der Waals surface area (Å²) in [5.74, 6) is -1.58. The monoisotopic (exact) mass is 238 g/mol. The van der Waals surface area contributed by atoms with Crippen LogP contribution in [0.3, 0.4) is 0 Å². The smallest absolute Gasteiger partial charge is 0.248 e. The summed E-state index contributed by atoms with van der Waals surface area (Å²) in [7, 11) is 1.44. The zero-order chi connectivity index (χ0) is 11.9. The van der Waals surface area contributed by atoms with Gasteiger partial charge in [-0.05, 0) is 18.2 Å². The van der Waals surface area contributed by atoms with Crippen molar-refractivity contribution >= 4 is 28.9 Å². The highest BCUT2D eigenvalue weighted by Gasteiger charge is 2.32. The molecule has 1 aliphatic carbocycles. The molecule has 4 nitrogen and oxygen atoms in total. The second-order valence-corrected chi connectivity index (χ2v) is 3.61. The molecular weight excluding hydrogens is 232 g/mol. The van der Waals surface area contributed by atoms with Crippen molar-refractivity contribution in [3.63, 3.8) is 0 Å². The summed E-state index contributed by atoms with van der Waals surface area (Å²) >= 11 is 5.54. The molecule has 1 aromatic carbocycles. The molecule has 1 N–H and O–H groups in total. The molecule has 1 aromatic rings. The maximum atomic E-state index is 11.6. The first-order valence-corrected chi connectivity index (χ1v) is 4.80. The molecule has 0 saturated carbocycles. The van der Waals surface area contributed by atoms with E-state index in [1.165, 1.54) is 19.2 Å². The van der Waals surface area contributed by atoms with Crippen molar-refractivity contribution in [2.75, 3.05) is 7.11 Å². The molecule has 0 fully saturated rings. The van der Waals surface area contributed by atoms with Gasteiger partial charge in [-0.3, -0.25) is 9.59 Å². The maximum absolute atomic E-state index is 11.6. The first-order chi connectivity index (χ1) is 7.56. The number of ether oxygens (including phenoxy) is 1. The van der Waals surface area contributed by atoms with E-state index in [1.807, 2.05) is 0 Å². The van der Waals surface area contributed by atoms with Crippen molar-refractivity contribution in [3.8, 4) is 5.75 Å². The van der Waals surface area contributed by atoms with E-state index in [-0.39, 0.29) is 16.9 Å². The number of rotatable bonds is 1. The minimum absolute atomic E-state index is 0.103. The van der Waals surface area contributed by atoms with Crippen LogP contribution in [-0.4, -0.2) is 23.8 Å². The fourth-order valence-electron chi connectivity index (χ4n) is 1.49. The van der Waals surface area contributed by atoms with Crippen LogP contribution >= 0.6 is 11.6 Å². The number of aliphatic hydroxyl groups excluding tert-OH is 1. The molecule has 0 amide bonds. The van der Waals surface area contributed by atoms with Crippen molar-refractivity contribution < 1.29 is 19.4 Å². The van der Waals surface area contributed by atoms with E-state index in [4.69, 9.17) is 16.3 Å². The number of benzene rings is 1. The van der Waals surface area contributed by atoms with E-state index in [0.29, 0.717) is 5.75 Å². The largest absolute Gasteiger partial charge is 0.506 e. The number of methoxy groups -OCH3 is 1. The molecule has 0 spiro atoms. The van der Waals surface area contributed by atoms with Crippen molar-refractivity contribution in [2.45, 2.75) is 0 Å². The topological polar surface area (TPSA) is 63.6 Å². The number of ketones is 2. The fourth-order valence-corrected chi connectivity index (χ4v) is 1.68. The summed E-state index contributed by atoms with van der Waals surface area (Å²) in [5, 5.41) is 9.17. The van der Waals surface area contributed by atoms with Gasteiger partial charge in [-0.25, -0.2) is 0 Å². The quantitative estimate of drug-likeness (QED) is 0.760. The second kappa shape index (κ2) is 3.64. The average Bonchev–Trinajstić information content (AvgIpc) is 2.33. The van der Waals surface area contributed by atoms with Gasteiger partial charge in [-0.1, -0.05) is 11.6 Å². The zero-order valence-corrected chi connectivity index (χ0v) is 9.04. The maximum Gasteiger partial charge on any atom is 0.248 e. The molecule has 0 aliphatic heterocycles. The molecule has 0 saturated heterocycles. The van der Waals surface area contributed by atoms with Crippen molar-refractivity contribution in [1.82, 2.24) is 0 Å². The normalized spacial score (nSPS) is 15.1. The number of hydrogen-bond acceptors (Lipinski definition) is 4. The molecule has 0 radical (unpaired) electrons. The standard InChI is InChI=1S/C11H7ClO4/c1-16-5-2-3-6-7(4-5)10(14)11(15)8(12)9(6)13/h2-4,13H,1H3.